The van der Waals surface area contributed by atoms with Crippen molar-refractivity contribution in [3.63, 3.8) is 0 Å². The second-order valence-electron chi connectivity index (χ2n) is 6.32. The first-order valence-electron chi connectivity index (χ1n) is 8.91. The van der Waals surface area contributed by atoms with Gasteiger partial charge in [-0.3, -0.25) is 4.79 Å². The van der Waals surface area contributed by atoms with E-state index in [4.69, 9.17) is 4.52 Å². The molecule has 0 saturated carbocycles. The summed E-state index contributed by atoms with van der Waals surface area (Å²) in [5, 5.41) is 6.97. The molecule has 0 fully saturated rings. The Kier molecular flexibility index (Phi) is 6.14. The maximum absolute atomic E-state index is 11.9. The summed E-state index contributed by atoms with van der Waals surface area (Å²) in [4.78, 5) is 16.3. The molecule has 3 aromatic rings. The van der Waals surface area contributed by atoms with Crippen LogP contribution in [-0.2, 0) is 17.6 Å². The fourth-order valence-corrected chi connectivity index (χ4v) is 2.74. The predicted octanol–water partition coefficient (Wildman–Crippen LogP) is 3.73. The monoisotopic (exact) mass is 349 g/mol. The highest BCUT2D eigenvalue weighted by Gasteiger charge is 2.09. The molecule has 0 aliphatic rings. The Morgan fingerprint density at radius 3 is 2.73 bits per heavy atom. The third-order valence-electron chi connectivity index (χ3n) is 4.12. The summed E-state index contributed by atoms with van der Waals surface area (Å²) in [6.07, 6.45) is 2.59. The molecule has 0 saturated heterocycles. The van der Waals surface area contributed by atoms with Crippen LogP contribution in [0.5, 0.6) is 0 Å². The smallest absolute Gasteiger partial charge is 0.226 e. The first kappa shape index (κ1) is 17.9. The maximum atomic E-state index is 11.9. The molecule has 134 valence electrons. The molecule has 1 aromatic heterocycles. The zero-order chi connectivity index (χ0) is 18.2. The van der Waals surface area contributed by atoms with E-state index >= 15 is 0 Å². The van der Waals surface area contributed by atoms with E-state index in [0.717, 1.165) is 17.5 Å². The van der Waals surface area contributed by atoms with Crippen LogP contribution in [0, 0.1) is 6.92 Å². The molecule has 0 aliphatic carbocycles. The number of carbonyl (C=O) groups excluding carboxylic acids is 1. The van der Waals surface area contributed by atoms with Crippen LogP contribution < -0.4 is 5.32 Å². The molecule has 1 N–H and O–H groups in total. The molecule has 5 heteroatoms. The van der Waals surface area contributed by atoms with Crippen LogP contribution in [0.4, 0.5) is 0 Å². The number of nitrogens with zero attached hydrogens (tertiary/aromatic N) is 2. The van der Waals surface area contributed by atoms with Gasteiger partial charge in [0, 0.05) is 24.9 Å². The molecule has 0 aliphatic heterocycles. The minimum absolute atomic E-state index is 0.0550. The van der Waals surface area contributed by atoms with Gasteiger partial charge in [0.05, 0.1) is 0 Å². The average molecular weight is 349 g/mol. The Labute approximate surface area is 153 Å². The number of benzene rings is 2. The van der Waals surface area contributed by atoms with Crippen molar-refractivity contribution < 1.29 is 9.32 Å². The third-order valence-corrected chi connectivity index (χ3v) is 4.12. The lowest BCUT2D eigenvalue weighted by Gasteiger charge is -2.04. The molecule has 0 unspecified atom stereocenters. The van der Waals surface area contributed by atoms with Crippen molar-refractivity contribution in [2.75, 3.05) is 6.54 Å². The number of hydrogen-bond acceptors (Lipinski definition) is 4. The van der Waals surface area contributed by atoms with Gasteiger partial charge in [0.25, 0.3) is 0 Å². The second kappa shape index (κ2) is 8.94. The molecular weight excluding hydrogens is 326 g/mol. The van der Waals surface area contributed by atoms with Crippen LogP contribution in [0.2, 0.25) is 0 Å². The SMILES string of the molecule is Cc1cccc(-c2noc(CCCC(=O)NCCc3ccccc3)n2)c1. The lowest BCUT2D eigenvalue weighted by atomic mass is 10.1. The van der Waals surface area contributed by atoms with Crippen molar-refractivity contribution in [1.29, 1.82) is 0 Å². The maximum Gasteiger partial charge on any atom is 0.226 e. The number of hydrogen-bond donors (Lipinski definition) is 1. The fourth-order valence-electron chi connectivity index (χ4n) is 2.74. The van der Waals surface area contributed by atoms with Gasteiger partial charge in [-0.05, 0) is 31.4 Å². The summed E-state index contributed by atoms with van der Waals surface area (Å²) in [5.74, 6) is 1.22. The van der Waals surface area contributed by atoms with Crippen LogP contribution in [0.15, 0.2) is 59.1 Å². The molecule has 0 radical (unpaired) electrons. The fraction of sp³-hybridized carbons (Fsp3) is 0.286. The van der Waals surface area contributed by atoms with Gasteiger partial charge in [0.15, 0.2) is 0 Å². The number of aromatic nitrogens is 2. The van der Waals surface area contributed by atoms with Gasteiger partial charge in [0.1, 0.15) is 0 Å². The van der Waals surface area contributed by atoms with Gasteiger partial charge in [-0.2, -0.15) is 4.98 Å². The van der Waals surface area contributed by atoms with Crippen molar-refractivity contribution in [1.82, 2.24) is 15.5 Å². The molecule has 0 spiro atoms. The van der Waals surface area contributed by atoms with Crippen molar-refractivity contribution in [3.8, 4) is 11.4 Å². The number of rotatable bonds is 8. The zero-order valence-electron chi connectivity index (χ0n) is 14.9. The Hall–Kier alpha value is -2.95. The van der Waals surface area contributed by atoms with Crippen molar-refractivity contribution in [2.24, 2.45) is 0 Å². The van der Waals surface area contributed by atoms with E-state index in [1.54, 1.807) is 0 Å². The molecule has 2 aromatic carbocycles. The summed E-state index contributed by atoms with van der Waals surface area (Å²) in [6, 6.07) is 18.1. The van der Waals surface area contributed by atoms with Gasteiger partial charge < -0.3 is 9.84 Å². The van der Waals surface area contributed by atoms with Crippen LogP contribution >= 0.6 is 0 Å². The van der Waals surface area contributed by atoms with E-state index in [1.165, 1.54) is 5.56 Å². The molecular formula is C21H23N3O2. The lowest BCUT2D eigenvalue weighted by Crippen LogP contribution is -2.25. The Balaban J connectivity index is 1.39. The van der Waals surface area contributed by atoms with Crippen LogP contribution in [0.1, 0.15) is 29.9 Å². The van der Waals surface area contributed by atoms with Gasteiger partial charge in [-0.1, -0.05) is 59.3 Å². The zero-order valence-corrected chi connectivity index (χ0v) is 14.9. The lowest BCUT2D eigenvalue weighted by molar-refractivity contribution is -0.121. The van der Waals surface area contributed by atoms with Crippen molar-refractivity contribution in [2.45, 2.75) is 32.6 Å². The number of nitrogens with one attached hydrogen (secondary N) is 1. The molecule has 0 bridgehead atoms. The number of carbonyl (C=O) groups is 1. The number of amides is 1. The van der Waals surface area contributed by atoms with Crippen LogP contribution in [0.3, 0.4) is 0 Å². The van der Waals surface area contributed by atoms with E-state index in [-0.39, 0.29) is 5.91 Å². The minimum atomic E-state index is 0.0550. The Morgan fingerprint density at radius 1 is 1.08 bits per heavy atom. The van der Waals surface area contributed by atoms with Gasteiger partial charge in [-0.25, -0.2) is 0 Å². The summed E-state index contributed by atoms with van der Waals surface area (Å²) < 4.78 is 5.29. The first-order chi connectivity index (χ1) is 12.7. The van der Waals surface area contributed by atoms with Crippen LogP contribution in [0.25, 0.3) is 11.4 Å². The molecule has 26 heavy (non-hydrogen) atoms. The highest BCUT2D eigenvalue weighted by Crippen LogP contribution is 2.17. The van der Waals surface area contributed by atoms with E-state index in [1.807, 2.05) is 49.4 Å². The van der Waals surface area contributed by atoms with Crippen molar-refractivity contribution >= 4 is 5.91 Å². The first-order valence-corrected chi connectivity index (χ1v) is 8.91. The predicted molar refractivity (Wildman–Crippen MR) is 101 cm³/mol. The van der Waals surface area contributed by atoms with Crippen LogP contribution in [-0.4, -0.2) is 22.6 Å². The molecule has 1 amide bonds. The standard InChI is InChI=1S/C21H23N3O2/c1-16-7-5-10-18(15-16)21-23-20(26-24-21)12-6-11-19(25)22-14-13-17-8-3-2-4-9-17/h2-5,7-10,15H,6,11-14H2,1H3,(H,22,25). The molecule has 0 atom stereocenters. The van der Waals surface area contributed by atoms with Gasteiger partial charge >= 0.3 is 0 Å². The topological polar surface area (TPSA) is 68.0 Å². The van der Waals surface area contributed by atoms with E-state index in [9.17, 15) is 4.79 Å². The molecule has 1 heterocycles. The van der Waals surface area contributed by atoms with E-state index in [0.29, 0.717) is 37.5 Å². The van der Waals surface area contributed by atoms with Crippen molar-refractivity contribution in [3.05, 3.63) is 71.6 Å². The highest BCUT2D eigenvalue weighted by molar-refractivity contribution is 5.75. The third kappa shape index (κ3) is 5.28. The van der Waals surface area contributed by atoms with Gasteiger partial charge in [0.2, 0.25) is 17.6 Å². The minimum Gasteiger partial charge on any atom is -0.356 e. The second-order valence-corrected chi connectivity index (χ2v) is 6.32. The summed E-state index contributed by atoms with van der Waals surface area (Å²) in [6.45, 7) is 2.68. The Bertz CT molecular complexity index is 843. The van der Waals surface area contributed by atoms with E-state index < -0.39 is 0 Å². The van der Waals surface area contributed by atoms with E-state index in [2.05, 4.69) is 27.6 Å². The Morgan fingerprint density at radius 2 is 1.92 bits per heavy atom. The summed E-state index contributed by atoms with van der Waals surface area (Å²) in [5.41, 5.74) is 3.32. The number of aryl methyl sites for hydroxylation is 2. The highest BCUT2D eigenvalue weighted by atomic mass is 16.5. The normalized spacial score (nSPS) is 10.7. The summed E-state index contributed by atoms with van der Waals surface area (Å²) in [7, 11) is 0. The quantitative estimate of drug-likeness (QED) is 0.673. The average Bonchev–Trinajstić information content (AvgIpc) is 3.12. The molecule has 3 rings (SSSR count). The van der Waals surface area contributed by atoms with Gasteiger partial charge in [-0.15, -0.1) is 0 Å². The largest absolute Gasteiger partial charge is 0.356 e. The molecule has 5 nitrogen and oxygen atoms in total. The summed E-state index contributed by atoms with van der Waals surface area (Å²) >= 11 is 0.